The van der Waals surface area contributed by atoms with Gasteiger partial charge in [0.05, 0.1) is 0 Å². The second kappa shape index (κ2) is 4.20. The topological polar surface area (TPSA) is 23.6 Å². The van der Waals surface area contributed by atoms with Gasteiger partial charge in [-0.1, -0.05) is 13.3 Å². The van der Waals surface area contributed by atoms with Gasteiger partial charge in [0.1, 0.15) is 0 Å². The van der Waals surface area contributed by atoms with Gasteiger partial charge in [0, 0.05) is 26.2 Å². The summed E-state index contributed by atoms with van der Waals surface area (Å²) in [6.07, 6.45) is 4.94. The molecule has 0 aromatic carbocycles. The van der Waals surface area contributed by atoms with Crippen molar-refractivity contribution in [2.24, 2.45) is 5.92 Å². The van der Waals surface area contributed by atoms with Gasteiger partial charge in [-0.25, -0.2) is 4.79 Å². The van der Waals surface area contributed by atoms with Crippen LogP contribution in [-0.4, -0.2) is 42.0 Å². The molecule has 2 saturated heterocycles. The molecule has 0 N–H and O–H groups in total. The molecule has 3 heteroatoms. The van der Waals surface area contributed by atoms with Crippen molar-refractivity contribution in [1.29, 1.82) is 0 Å². The highest BCUT2D eigenvalue weighted by Crippen LogP contribution is 2.23. The summed E-state index contributed by atoms with van der Waals surface area (Å²) in [7, 11) is 0. The number of carbonyl (C=O) groups is 1. The standard InChI is InChI=1S/C11H20N2O/c1-2-4-10-5-8-13(9-10)11(14)12-6-3-7-12/h10H,2-9H2,1H3. The Kier molecular flexibility index (Phi) is 2.94. The van der Waals surface area contributed by atoms with Crippen LogP contribution in [0.25, 0.3) is 0 Å². The zero-order chi connectivity index (χ0) is 9.97. The van der Waals surface area contributed by atoms with Crippen molar-refractivity contribution in [3.8, 4) is 0 Å². The number of amides is 2. The summed E-state index contributed by atoms with van der Waals surface area (Å²) < 4.78 is 0. The van der Waals surface area contributed by atoms with Crippen molar-refractivity contribution in [2.75, 3.05) is 26.2 Å². The highest BCUT2D eigenvalue weighted by molar-refractivity contribution is 5.75. The average Bonchev–Trinajstić information content (AvgIpc) is 2.50. The second-order valence-electron chi connectivity index (χ2n) is 4.51. The molecule has 2 aliphatic rings. The molecule has 2 amide bonds. The number of likely N-dealkylation sites (tertiary alicyclic amines) is 2. The number of hydrogen-bond donors (Lipinski definition) is 0. The molecule has 80 valence electrons. The van der Waals surface area contributed by atoms with Crippen molar-refractivity contribution in [3.63, 3.8) is 0 Å². The van der Waals surface area contributed by atoms with Crippen LogP contribution < -0.4 is 0 Å². The number of rotatable bonds is 2. The van der Waals surface area contributed by atoms with Crippen LogP contribution in [0.2, 0.25) is 0 Å². The molecule has 2 fully saturated rings. The third kappa shape index (κ3) is 1.86. The first-order chi connectivity index (χ1) is 6.81. The van der Waals surface area contributed by atoms with Crippen LogP contribution in [0.4, 0.5) is 4.79 Å². The molecule has 2 aliphatic heterocycles. The SMILES string of the molecule is CCCC1CCN(C(=O)N2CCC2)C1. The molecular weight excluding hydrogens is 176 g/mol. The van der Waals surface area contributed by atoms with Crippen molar-refractivity contribution < 1.29 is 4.79 Å². The minimum atomic E-state index is 0.287. The highest BCUT2D eigenvalue weighted by Gasteiger charge is 2.30. The summed E-state index contributed by atoms with van der Waals surface area (Å²) in [6, 6.07) is 0.287. The van der Waals surface area contributed by atoms with Gasteiger partial charge in [-0.2, -0.15) is 0 Å². The van der Waals surface area contributed by atoms with Crippen LogP contribution >= 0.6 is 0 Å². The molecule has 3 nitrogen and oxygen atoms in total. The maximum atomic E-state index is 11.8. The Balaban J connectivity index is 1.79. The van der Waals surface area contributed by atoms with E-state index < -0.39 is 0 Å². The first-order valence-corrected chi connectivity index (χ1v) is 5.85. The van der Waals surface area contributed by atoms with E-state index >= 15 is 0 Å². The Morgan fingerprint density at radius 1 is 1.29 bits per heavy atom. The van der Waals surface area contributed by atoms with Crippen molar-refractivity contribution in [2.45, 2.75) is 32.6 Å². The minimum absolute atomic E-state index is 0.287. The van der Waals surface area contributed by atoms with E-state index in [1.165, 1.54) is 25.7 Å². The molecule has 0 bridgehead atoms. The zero-order valence-corrected chi connectivity index (χ0v) is 9.04. The van der Waals surface area contributed by atoms with Gasteiger partial charge in [0.2, 0.25) is 0 Å². The predicted molar refractivity (Wildman–Crippen MR) is 56.2 cm³/mol. The molecule has 0 saturated carbocycles. The van der Waals surface area contributed by atoms with Gasteiger partial charge in [0.25, 0.3) is 0 Å². The third-order valence-corrected chi connectivity index (χ3v) is 3.38. The molecule has 2 heterocycles. The zero-order valence-electron chi connectivity index (χ0n) is 9.04. The molecule has 0 radical (unpaired) electrons. The van der Waals surface area contributed by atoms with E-state index in [1.807, 2.05) is 9.80 Å². The van der Waals surface area contributed by atoms with Gasteiger partial charge in [-0.15, -0.1) is 0 Å². The lowest BCUT2D eigenvalue weighted by Gasteiger charge is -2.34. The van der Waals surface area contributed by atoms with E-state index in [9.17, 15) is 4.79 Å². The summed E-state index contributed by atoms with van der Waals surface area (Å²) >= 11 is 0. The van der Waals surface area contributed by atoms with Crippen LogP contribution in [0.15, 0.2) is 0 Å². The Labute approximate surface area is 86.1 Å². The van der Waals surface area contributed by atoms with E-state index in [0.717, 1.165) is 32.1 Å². The Bertz CT molecular complexity index is 213. The van der Waals surface area contributed by atoms with E-state index in [4.69, 9.17) is 0 Å². The summed E-state index contributed by atoms with van der Waals surface area (Å²) in [4.78, 5) is 15.8. The molecule has 0 aliphatic carbocycles. The normalized spacial score (nSPS) is 26.5. The van der Waals surface area contributed by atoms with Gasteiger partial charge < -0.3 is 9.80 Å². The lowest BCUT2D eigenvalue weighted by atomic mass is 10.0. The smallest absolute Gasteiger partial charge is 0.320 e. The summed E-state index contributed by atoms with van der Waals surface area (Å²) in [5.74, 6) is 0.769. The number of urea groups is 1. The molecule has 1 atom stereocenters. The average molecular weight is 196 g/mol. The molecule has 0 aromatic heterocycles. The third-order valence-electron chi connectivity index (χ3n) is 3.38. The Hall–Kier alpha value is -0.730. The van der Waals surface area contributed by atoms with E-state index in [1.54, 1.807) is 0 Å². The molecule has 14 heavy (non-hydrogen) atoms. The largest absolute Gasteiger partial charge is 0.325 e. The van der Waals surface area contributed by atoms with Crippen molar-refractivity contribution in [3.05, 3.63) is 0 Å². The lowest BCUT2D eigenvalue weighted by Crippen LogP contribution is -2.48. The summed E-state index contributed by atoms with van der Waals surface area (Å²) in [5, 5.41) is 0. The Morgan fingerprint density at radius 2 is 2.07 bits per heavy atom. The predicted octanol–water partition coefficient (Wildman–Crippen LogP) is 1.93. The van der Waals surface area contributed by atoms with Crippen LogP contribution in [0.5, 0.6) is 0 Å². The van der Waals surface area contributed by atoms with Gasteiger partial charge in [-0.05, 0) is 25.2 Å². The second-order valence-corrected chi connectivity index (χ2v) is 4.51. The van der Waals surface area contributed by atoms with E-state index in [0.29, 0.717) is 0 Å². The van der Waals surface area contributed by atoms with Crippen LogP contribution in [-0.2, 0) is 0 Å². The van der Waals surface area contributed by atoms with E-state index in [2.05, 4.69) is 6.92 Å². The monoisotopic (exact) mass is 196 g/mol. The molecular formula is C11H20N2O. The fourth-order valence-electron chi connectivity index (χ4n) is 2.36. The van der Waals surface area contributed by atoms with Gasteiger partial charge in [0.15, 0.2) is 0 Å². The fraction of sp³-hybridized carbons (Fsp3) is 0.909. The van der Waals surface area contributed by atoms with Gasteiger partial charge in [-0.3, -0.25) is 0 Å². The highest BCUT2D eigenvalue weighted by atomic mass is 16.2. The molecule has 0 spiro atoms. The number of hydrogen-bond acceptors (Lipinski definition) is 1. The molecule has 0 aromatic rings. The van der Waals surface area contributed by atoms with Crippen LogP contribution in [0.1, 0.15) is 32.6 Å². The minimum Gasteiger partial charge on any atom is -0.325 e. The quantitative estimate of drug-likeness (QED) is 0.662. The summed E-state index contributed by atoms with van der Waals surface area (Å²) in [6.45, 7) is 6.17. The fourth-order valence-corrected chi connectivity index (χ4v) is 2.36. The maximum absolute atomic E-state index is 11.8. The van der Waals surface area contributed by atoms with Crippen LogP contribution in [0, 0.1) is 5.92 Å². The maximum Gasteiger partial charge on any atom is 0.320 e. The number of carbonyl (C=O) groups excluding carboxylic acids is 1. The van der Waals surface area contributed by atoms with Gasteiger partial charge >= 0.3 is 6.03 Å². The van der Waals surface area contributed by atoms with E-state index in [-0.39, 0.29) is 6.03 Å². The van der Waals surface area contributed by atoms with Crippen molar-refractivity contribution >= 4 is 6.03 Å². The Morgan fingerprint density at radius 3 is 2.64 bits per heavy atom. The first-order valence-electron chi connectivity index (χ1n) is 5.85. The molecule has 2 rings (SSSR count). The molecule has 1 unspecified atom stereocenters. The lowest BCUT2D eigenvalue weighted by molar-refractivity contribution is 0.133. The first kappa shape index (κ1) is 9.81. The van der Waals surface area contributed by atoms with Crippen LogP contribution in [0.3, 0.4) is 0 Å². The van der Waals surface area contributed by atoms with Crippen molar-refractivity contribution in [1.82, 2.24) is 9.80 Å². The summed E-state index contributed by atoms with van der Waals surface area (Å²) in [5.41, 5.74) is 0. The number of nitrogens with zero attached hydrogens (tertiary/aromatic N) is 2.